The molecule has 0 atom stereocenters. The monoisotopic (exact) mass is 263 g/mol. The van der Waals surface area contributed by atoms with Gasteiger partial charge in [0.15, 0.2) is 11.6 Å². The third-order valence-corrected chi connectivity index (χ3v) is 2.79. The lowest BCUT2D eigenvalue weighted by atomic mass is 10.2. The minimum Gasteiger partial charge on any atom is -0.478 e. The second kappa shape index (κ2) is 5.06. The average molecular weight is 263 g/mol. The molecule has 98 valence electrons. The van der Waals surface area contributed by atoms with E-state index in [-0.39, 0.29) is 5.56 Å². The molecule has 0 radical (unpaired) electrons. The van der Waals surface area contributed by atoms with Gasteiger partial charge in [0.25, 0.3) is 0 Å². The summed E-state index contributed by atoms with van der Waals surface area (Å²) in [5.74, 6) is -2.84. The maximum absolute atomic E-state index is 13.1. The molecule has 0 unspecified atom stereocenters. The number of carbonyl (C=O) groups is 1. The fourth-order valence-electron chi connectivity index (χ4n) is 1.67. The number of aromatic carboxylic acids is 1. The van der Waals surface area contributed by atoms with E-state index in [1.807, 2.05) is 0 Å². The quantitative estimate of drug-likeness (QED) is 0.922. The minimum atomic E-state index is -1.01. The van der Waals surface area contributed by atoms with Crippen molar-refractivity contribution in [2.75, 3.05) is 11.9 Å². The van der Waals surface area contributed by atoms with Gasteiger partial charge in [0.1, 0.15) is 0 Å². The molecule has 0 bridgehead atoms. The Hall–Kier alpha value is -2.43. The topological polar surface area (TPSA) is 40.5 Å². The number of anilines is 2. The fourth-order valence-corrected chi connectivity index (χ4v) is 1.67. The molecule has 19 heavy (non-hydrogen) atoms. The molecule has 0 aromatic heterocycles. The Kier molecular flexibility index (Phi) is 3.46. The lowest BCUT2D eigenvalue weighted by molar-refractivity contribution is 0.0697. The van der Waals surface area contributed by atoms with Gasteiger partial charge in [0, 0.05) is 24.5 Å². The first kappa shape index (κ1) is 13.0. The zero-order valence-corrected chi connectivity index (χ0v) is 10.1. The highest BCUT2D eigenvalue weighted by Gasteiger charge is 2.09. The average Bonchev–Trinajstić information content (AvgIpc) is 2.41. The number of nitrogens with zero attached hydrogens (tertiary/aromatic N) is 1. The smallest absolute Gasteiger partial charge is 0.335 e. The van der Waals surface area contributed by atoms with Crippen LogP contribution in [0.15, 0.2) is 42.5 Å². The van der Waals surface area contributed by atoms with Gasteiger partial charge in [-0.3, -0.25) is 0 Å². The van der Waals surface area contributed by atoms with Gasteiger partial charge in [-0.2, -0.15) is 0 Å². The molecule has 0 heterocycles. The molecule has 0 aliphatic carbocycles. The summed E-state index contributed by atoms with van der Waals surface area (Å²) in [7, 11) is 1.68. The van der Waals surface area contributed by atoms with Crippen LogP contribution in [0.5, 0.6) is 0 Å². The summed E-state index contributed by atoms with van der Waals surface area (Å²) in [5, 5.41) is 8.79. The van der Waals surface area contributed by atoms with E-state index in [4.69, 9.17) is 5.11 Å². The van der Waals surface area contributed by atoms with Crippen LogP contribution in [0.1, 0.15) is 10.4 Å². The molecule has 1 N–H and O–H groups in total. The molecule has 3 nitrogen and oxygen atoms in total. The Morgan fingerprint density at radius 3 is 2.11 bits per heavy atom. The van der Waals surface area contributed by atoms with E-state index in [1.165, 1.54) is 18.2 Å². The Balaban J connectivity index is 2.30. The Bertz CT molecular complexity index is 611. The van der Waals surface area contributed by atoms with Crippen LogP contribution in [-0.4, -0.2) is 18.1 Å². The van der Waals surface area contributed by atoms with E-state index >= 15 is 0 Å². The highest BCUT2D eigenvalue weighted by molar-refractivity contribution is 5.88. The lowest BCUT2D eigenvalue weighted by Gasteiger charge is -2.19. The third kappa shape index (κ3) is 2.70. The van der Waals surface area contributed by atoms with Crippen molar-refractivity contribution in [3.05, 3.63) is 59.7 Å². The number of hydrogen-bond donors (Lipinski definition) is 1. The van der Waals surface area contributed by atoms with E-state index in [9.17, 15) is 13.6 Å². The van der Waals surface area contributed by atoms with Gasteiger partial charge in [0.05, 0.1) is 5.56 Å². The number of benzene rings is 2. The molecular formula is C14H11F2NO2. The first-order chi connectivity index (χ1) is 8.99. The van der Waals surface area contributed by atoms with Gasteiger partial charge >= 0.3 is 5.97 Å². The molecule has 0 amide bonds. The molecule has 0 aliphatic rings. The van der Waals surface area contributed by atoms with E-state index in [0.717, 1.165) is 12.1 Å². The van der Waals surface area contributed by atoms with Crippen molar-refractivity contribution in [1.29, 1.82) is 0 Å². The Labute approximate surface area is 108 Å². The molecular weight excluding hydrogens is 252 g/mol. The summed E-state index contributed by atoms with van der Waals surface area (Å²) in [6.07, 6.45) is 0. The second-order valence-electron chi connectivity index (χ2n) is 4.01. The van der Waals surface area contributed by atoms with Gasteiger partial charge < -0.3 is 10.0 Å². The van der Waals surface area contributed by atoms with Gasteiger partial charge in [-0.15, -0.1) is 0 Å². The molecule has 5 heteroatoms. The summed E-state index contributed by atoms with van der Waals surface area (Å²) in [6, 6.07) is 9.69. The number of hydrogen-bond acceptors (Lipinski definition) is 2. The first-order valence-corrected chi connectivity index (χ1v) is 5.51. The van der Waals surface area contributed by atoms with Crippen molar-refractivity contribution in [1.82, 2.24) is 0 Å². The molecule has 2 aromatic rings. The predicted octanol–water partition coefficient (Wildman–Crippen LogP) is 3.43. The highest BCUT2D eigenvalue weighted by Crippen LogP contribution is 2.25. The van der Waals surface area contributed by atoms with Crippen LogP contribution in [0.4, 0.5) is 20.2 Å². The van der Waals surface area contributed by atoms with Crippen LogP contribution in [0, 0.1) is 11.6 Å². The molecule has 0 saturated carbocycles. The molecule has 2 rings (SSSR count). The zero-order valence-electron chi connectivity index (χ0n) is 10.1. The molecule has 0 fully saturated rings. The SMILES string of the molecule is CN(c1ccc(C(=O)O)cc1)c1ccc(F)c(F)c1. The second-order valence-corrected chi connectivity index (χ2v) is 4.01. The number of carboxylic acids is 1. The standard InChI is InChI=1S/C14H11F2NO2/c1-17(11-6-7-12(15)13(16)8-11)10-4-2-9(3-5-10)14(18)19/h2-8H,1H3,(H,18,19). The van der Waals surface area contributed by atoms with E-state index in [2.05, 4.69) is 0 Å². The Morgan fingerprint density at radius 1 is 1.00 bits per heavy atom. The largest absolute Gasteiger partial charge is 0.478 e. The maximum atomic E-state index is 13.1. The zero-order chi connectivity index (χ0) is 14.0. The summed E-state index contributed by atoms with van der Waals surface area (Å²) < 4.78 is 26.0. The highest BCUT2D eigenvalue weighted by atomic mass is 19.2. The molecule has 2 aromatic carbocycles. The van der Waals surface area contributed by atoms with Crippen molar-refractivity contribution >= 4 is 17.3 Å². The normalized spacial score (nSPS) is 10.3. The van der Waals surface area contributed by atoms with Crippen LogP contribution in [0.25, 0.3) is 0 Å². The van der Waals surface area contributed by atoms with Crippen LogP contribution in [-0.2, 0) is 0 Å². The summed E-state index contributed by atoms with van der Waals surface area (Å²) >= 11 is 0. The third-order valence-electron chi connectivity index (χ3n) is 2.79. The Morgan fingerprint density at radius 2 is 1.58 bits per heavy atom. The molecule has 0 saturated heterocycles. The van der Waals surface area contributed by atoms with Crippen LogP contribution < -0.4 is 4.90 Å². The maximum Gasteiger partial charge on any atom is 0.335 e. The fraction of sp³-hybridized carbons (Fsp3) is 0.0714. The van der Waals surface area contributed by atoms with Crippen molar-refractivity contribution in [2.45, 2.75) is 0 Å². The van der Waals surface area contributed by atoms with Crippen LogP contribution >= 0.6 is 0 Å². The summed E-state index contributed by atoms with van der Waals surface area (Å²) in [5.41, 5.74) is 1.32. The molecule has 0 spiro atoms. The number of carboxylic acid groups (broad SMARTS) is 1. The molecule has 0 aliphatic heterocycles. The van der Waals surface area contributed by atoms with E-state index < -0.39 is 17.6 Å². The van der Waals surface area contributed by atoms with Crippen molar-refractivity contribution in [3.8, 4) is 0 Å². The first-order valence-electron chi connectivity index (χ1n) is 5.51. The minimum absolute atomic E-state index is 0.169. The van der Waals surface area contributed by atoms with Crippen molar-refractivity contribution in [2.24, 2.45) is 0 Å². The van der Waals surface area contributed by atoms with Gasteiger partial charge in [0.2, 0.25) is 0 Å². The predicted molar refractivity (Wildman–Crippen MR) is 67.8 cm³/mol. The van der Waals surface area contributed by atoms with E-state index in [0.29, 0.717) is 11.4 Å². The number of rotatable bonds is 3. The van der Waals surface area contributed by atoms with Gasteiger partial charge in [-0.1, -0.05) is 0 Å². The summed E-state index contributed by atoms with van der Waals surface area (Å²) in [6.45, 7) is 0. The van der Waals surface area contributed by atoms with Crippen molar-refractivity contribution < 1.29 is 18.7 Å². The number of halogens is 2. The van der Waals surface area contributed by atoms with Crippen LogP contribution in [0.3, 0.4) is 0 Å². The van der Waals surface area contributed by atoms with Gasteiger partial charge in [-0.05, 0) is 36.4 Å². The van der Waals surface area contributed by atoms with Gasteiger partial charge in [-0.25, -0.2) is 13.6 Å². The summed E-state index contributed by atoms with van der Waals surface area (Å²) in [4.78, 5) is 12.4. The van der Waals surface area contributed by atoms with Crippen molar-refractivity contribution in [3.63, 3.8) is 0 Å². The van der Waals surface area contributed by atoms with Crippen LogP contribution in [0.2, 0.25) is 0 Å². The lowest BCUT2D eigenvalue weighted by Crippen LogP contribution is -2.10. The van der Waals surface area contributed by atoms with E-state index in [1.54, 1.807) is 24.1 Å².